The molecule has 2 bridgehead atoms. The summed E-state index contributed by atoms with van der Waals surface area (Å²) in [5.41, 5.74) is 0.550. The van der Waals surface area contributed by atoms with E-state index < -0.39 is 0 Å². The molecule has 1 aromatic carbocycles. The summed E-state index contributed by atoms with van der Waals surface area (Å²) in [5.74, 6) is 1.33. The topological polar surface area (TPSA) is 66.5 Å². The van der Waals surface area contributed by atoms with Crippen LogP contribution >= 0.6 is 23.2 Å². The number of anilines is 1. The van der Waals surface area contributed by atoms with E-state index in [0.717, 1.165) is 0 Å². The van der Waals surface area contributed by atoms with Crippen molar-refractivity contribution >= 4 is 46.6 Å². The molecule has 6 atom stereocenters. The Morgan fingerprint density at radius 3 is 2.13 bits per heavy atom. The van der Waals surface area contributed by atoms with Crippen molar-refractivity contribution in [3.8, 4) is 0 Å². The largest absolute Gasteiger partial charge is 0.325 e. The highest BCUT2D eigenvalue weighted by Crippen LogP contribution is 2.65. The number of hydrogen-bond acceptors (Lipinski definition) is 3. The zero-order valence-electron chi connectivity index (χ0n) is 17.0. The molecule has 3 saturated carbocycles. The van der Waals surface area contributed by atoms with Crippen molar-refractivity contribution in [2.24, 2.45) is 41.4 Å². The summed E-state index contributed by atoms with van der Waals surface area (Å²) in [4.78, 5) is 40.9. The van der Waals surface area contributed by atoms with E-state index in [1.165, 1.54) is 6.42 Å². The van der Waals surface area contributed by atoms with Crippen molar-refractivity contribution in [3.63, 3.8) is 0 Å². The number of nitrogens with zero attached hydrogens (tertiary/aromatic N) is 1. The molecule has 1 saturated heterocycles. The van der Waals surface area contributed by atoms with Crippen molar-refractivity contribution in [2.45, 2.75) is 38.1 Å². The molecule has 1 aromatic rings. The molecule has 7 heteroatoms. The first-order valence-corrected chi connectivity index (χ1v) is 12.0. The van der Waals surface area contributed by atoms with Gasteiger partial charge in [0, 0.05) is 17.0 Å². The van der Waals surface area contributed by atoms with E-state index in [4.69, 9.17) is 23.2 Å². The number of carbonyl (C=O) groups excluding carboxylic acids is 3. The molecular formula is C24H24Cl2N2O3. The number of imide groups is 1. The number of carbonyl (C=O) groups is 3. The van der Waals surface area contributed by atoms with E-state index in [9.17, 15) is 14.4 Å². The molecule has 4 fully saturated rings. The second-order valence-corrected chi connectivity index (χ2v) is 10.7. The third kappa shape index (κ3) is 3.00. The van der Waals surface area contributed by atoms with Gasteiger partial charge in [-0.15, -0.1) is 0 Å². The van der Waals surface area contributed by atoms with E-state index >= 15 is 0 Å². The number of halogens is 2. The molecule has 6 aliphatic rings. The van der Waals surface area contributed by atoms with Gasteiger partial charge in [-0.1, -0.05) is 35.4 Å². The van der Waals surface area contributed by atoms with Crippen LogP contribution in [-0.4, -0.2) is 28.7 Å². The van der Waals surface area contributed by atoms with Gasteiger partial charge in [-0.05, 0) is 74.0 Å². The van der Waals surface area contributed by atoms with Gasteiger partial charge in [-0.2, -0.15) is 0 Å². The van der Waals surface area contributed by atoms with E-state index in [2.05, 4.69) is 17.5 Å². The number of hydrogen-bond donors (Lipinski definition) is 1. The van der Waals surface area contributed by atoms with Crippen molar-refractivity contribution < 1.29 is 14.4 Å². The number of amides is 3. The molecule has 31 heavy (non-hydrogen) atoms. The van der Waals surface area contributed by atoms with Gasteiger partial charge in [-0.3, -0.25) is 19.3 Å². The second kappa shape index (κ2) is 7.08. The van der Waals surface area contributed by atoms with Crippen LogP contribution in [0.2, 0.25) is 10.0 Å². The lowest BCUT2D eigenvalue weighted by Gasteiger charge is -2.37. The van der Waals surface area contributed by atoms with Gasteiger partial charge >= 0.3 is 0 Å². The highest BCUT2D eigenvalue weighted by molar-refractivity contribution is 6.36. The maximum Gasteiger partial charge on any atom is 0.233 e. The first kappa shape index (κ1) is 19.8. The lowest BCUT2D eigenvalue weighted by atomic mass is 9.63. The highest BCUT2D eigenvalue weighted by Gasteiger charge is 2.67. The lowest BCUT2D eigenvalue weighted by molar-refractivity contribution is -0.144. The van der Waals surface area contributed by atoms with Crippen molar-refractivity contribution in [3.05, 3.63) is 40.4 Å². The molecule has 1 aliphatic heterocycles. The minimum atomic E-state index is -0.149. The van der Waals surface area contributed by atoms with Gasteiger partial charge in [0.2, 0.25) is 17.7 Å². The molecule has 162 valence electrons. The molecule has 0 radical (unpaired) electrons. The van der Waals surface area contributed by atoms with Crippen LogP contribution < -0.4 is 5.32 Å². The molecule has 7 rings (SSSR count). The zero-order chi connectivity index (χ0) is 21.4. The maximum absolute atomic E-state index is 13.3. The van der Waals surface area contributed by atoms with Crippen molar-refractivity contribution in [1.29, 1.82) is 0 Å². The van der Waals surface area contributed by atoms with Crippen LogP contribution in [0, 0.1) is 41.4 Å². The summed E-state index contributed by atoms with van der Waals surface area (Å²) < 4.78 is 0. The Bertz CT molecular complexity index is 980. The Hall–Kier alpha value is -1.85. The van der Waals surface area contributed by atoms with Gasteiger partial charge < -0.3 is 5.32 Å². The van der Waals surface area contributed by atoms with Crippen LogP contribution in [0.4, 0.5) is 5.69 Å². The highest BCUT2D eigenvalue weighted by atomic mass is 35.5. The summed E-state index contributed by atoms with van der Waals surface area (Å²) in [6.45, 7) is 0. The predicted molar refractivity (Wildman–Crippen MR) is 117 cm³/mol. The van der Waals surface area contributed by atoms with E-state index in [1.54, 1.807) is 23.1 Å². The average Bonchev–Trinajstić information content (AvgIpc) is 3.54. The number of nitrogens with one attached hydrogen (secondary N) is 1. The van der Waals surface area contributed by atoms with Crippen LogP contribution in [0.25, 0.3) is 0 Å². The average molecular weight is 459 g/mol. The summed E-state index contributed by atoms with van der Waals surface area (Å²) in [6, 6.07) is 4.91. The first-order chi connectivity index (χ1) is 14.9. The molecule has 0 unspecified atom stereocenters. The van der Waals surface area contributed by atoms with E-state index in [1.807, 2.05) is 0 Å². The molecule has 0 spiro atoms. The van der Waals surface area contributed by atoms with Crippen LogP contribution in [0.1, 0.15) is 32.1 Å². The van der Waals surface area contributed by atoms with Gasteiger partial charge in [0.05, 0.1) is 22.5 Å². The fourth-order valence-electron chi connectivity index (χ4n) is 6.76. The van der Waals surface area contributed by atoms with Crippen LogP contribution in [0.15, 0.2) is 30.4 Å². The van der Waals surface area contributed by atoms with Crippen molar-refractivity contribution in [2.75, 3.05) is 5.32 Å². The summed E-state index contributed by atoms with van der Waals surface area (Å²) in [5, 5.41) is 3.82. The van der Waals surface area contributed by atoms with Gasteiger partial charge in [0.1, 0.15) is 0 Å². The molecule has 3 amide bonds. The monoisotopic (exact) mass is 458 g/mol. The van der Waals surface area contributed by atoms with Gasteiger partial charge in [0.15, 0.2) is 0 Å². The lowest BCUT2D eigenvalue weighted by Crippen LogP contribution is -2.44. The third-order valence-corrected chi connectivity index (χ3v) is 8.87. The molecule has 5 nitrogen and oxygen atoms in total. The molecular weight excluding hydrogens is 435 g/mol. The third-order valence-electron chi connectivity index (χ3n) is 8.32. The normalized spacial score (nSPS) is 40.0. The van der Waals surface area contributed by atoms with Crippen LogP contribution in [0.5, 0.6) is 0 Å². The summed E-state index contributed by atoms with van der Waals surface area (Å²) in [6.07, 6.45) is 8.26. The summed E-state index contributed by atoms with van der Waals surface area (Å²) >= 11 is 12.1. The van der Waals surface area contributed by atoms with Crippen molar-refractivity contribution in [1.82, 2.24) is 4.90 Å². The maximum atomic E-state index is 13.3. The fourth-order valence-corrected chi connectivity index (χ4v) is 7.22. The summed E-state index contributed by atoms with van der Waals surface area (Å²) in [7, 11) is 0. The Labute approximate surface area is 191 Å². The quantitative estimate of drug-likeness (QED) is 0.533. The first-order valence-electron chi connectivity index (χ1n) is 11.2. The SMILES string of the molecule is O=C(Nc1ccc(Cl)cc1Cl)C1CCC(N2C(=O)[C@@H]3[C@H]4C=C[C@@H]([C@@H]5C[C@H]45)[C@@H]3C2=O)CC1. The van der Waals surface area contributed by atoms with Crippen LogP contribution in [-0.2, 0) is 14.4 Å². The molecule has 0 aromatic heterocycles. The van der Waals surface area contributed by atoms with Gasteiger partial charge in [-0.25, -0.2) is 0 Å². The van der Waals surface area contributed by atoms with E-state index in [0.29, 0.717) is 53.3 Å². The van der Waals surface area contributed by atoms with E-state index in [-0.39, 0.29) is 53.4 Å². The van der Waals surface area contributed by atoms with Gasteiger partial charge in [0.25, 0.3) is 0 Å². The second-order valence-electron chi connectivity index (χ2n) is 9.82. The van der Waals surface area contributed by atoms with Crippen LogP contribution in [0.3, 0.4) is 0 Å². The molecule has 1 N–H and O–H groups in total. The minimum Gasteiger partial charge on any atom is -0.325 e. The Balaban J connectivity index is 1.11. The Morgan fingerprint density at radius 1 is 0.935 bits per heavy atom. The minimum absolute atomic E-state index is 0.0422. The zero-order valence-corrected chi connectivity index (χ0v) is 18.5. The number of likely N-dealkylation sites (tertiary alicyclic amines) is 1. The Morgan fingerprint density at radius 2 is 1.55 bits per heavy atom. The standard InChI is InChI=1S/C24H24Cl2N2O3/c25-12-3-8-19(18(26)9-12)27-22(29)11-1-4-13(5-2-11)28-23(30)20-14-6-7-15(17-10-16(14)17)21(20)24(28)31/h3,6-9,11,13-17,20-21H,1-2,4-5,10H2,(H,27,29)/t11?,13?,14-,15-,16-,17+,20-,21+/m0/s1. The molecule has 5 aliphatic carbocycles. The Kier molecular flexibility index (Phi) is 4.52. The fraction of sp³-hybridized carbons (Fsp3) is 0.542. The smallest absolute Gasteiger partial charge is 0.233 e. The number of benzene rings is 1. The predicted octanol–water partition coefficient (Wildman–Crippen LogP) is 4.54. The number of allylic oxidation sites excluding steroid dienone is 2. The number of rotatable bonds is 3. The molecule has 1 heterocycles.